The van der Waals surface area contributed by atoms with Gasteiger partial charge in [-0.3, -0.25) is 0 Å². The molecule has 0 bridgehead atoms. The summed E-state index contributed by atoms with van der Waals surface area (Å²) in [6.07, 6.45) is 4.39. The van der Waals surface area contributed by atoms with Gasteiger partial charge in [-0.15, -0.1) is 0 Å². The van der Waals surface area contributed by atoms with E-state index < -0.39 is 17.7 Å². The molecule has 0 aromatic rings. The van der Waals surface area contributed by atoms with Crippen LogP contribution in [0.25, 0.3) is 0 Å². The van der Waals surface area contributed by atoms with Crippen LogP contribution >= 0.6 is 0 Å². The van der Waals surface area contributed by atoms with E-state index in [0.29, 0.717) is 12.3 Å². The van der Waals surface area contributed by atoms with Gasteiger partial charge >= 0.3 is 11.9 Å². The number of carbonyl (C=O) groups excluding carboxylic acids is 2. The van der Waals surface area contributed by atoms with Gasteiger partial charge in [0.25, 0.3) is 5.79 Å². The molecule has 20 heavy (non-hydrogen) atoms. The van der Waals surface area contributed by atoms with Crippen molar-refractivity contribution in [3.63, 3.8) is 0 Å². The fraction of sp³-hybridized carbons (Fsp3) is 0.625. The number of unbranched alkanes of at least 4 members (excludes halogenated alkanes) is 1. The van der Waals surface area contributed by atoms with E-state index in [1.54, 1.807) is 13.8 Å². The lowest BCUT2D eigenvalue weighted by Crippen LogP contribution is -2.37. The molecule has 0 aliphatic rings. The lowest BCUT2D eigenvalue weighted by Gasteiger charge is -2.29. The van der Waals surface area contributed by atoms with Gasteiger partial charge in [0.2, 0.25) is 0 Å². The van der Waals surface area contributed by atoms with Gasteiger partial charge in [-0.2, -0.15) is 0 Å². The highest BCUT2D eigenvalue weighted by Crippen LogP contribution is 2.23. The second-order valence-corrected chi connectivity index (χ2v) is 5.57. The zero-order valence-corrected chi connectivity index (χ0v) is 13.0. The fourth-order valence-corrected chi connectivity index (χ4v) is 1.66. The van der Waals surface area contributed by atoms with Gasteiger partial charge < -0.3 is 9.47 Å². The molecule has 0 N–H and O–H groups in total. The maximum Gasteiger partial charge on any atom is 0.336 e. The molecule has 0 radical (unpaired) electrons. The molecule has 0 spiro atoms. The van der Waals surface area contributed by atoms with Crippen molar-refractivity contribution in [3.8, 4) is 0 Å². The van der Waals surface area contributed by atoms with Crippen LogP contribution in [0.15, 0.2) is 24.8 Å². The average molecular weight is 282 g/mol. The van der Waals surface area contributed by atoms with Crippen molar-refractivity contribution in [3.05, 3.63) is 24.8 Å². The standard InChI is InChI=1S/C16H26O4/c1-7-14(17)19-16(6,20-15(18)13(4)5)11-9-8-10-12(2)3/h7,12H,1,4,8-11H2,2-3,5-6H3. The number of hydrogen-bond acceptors (Lipinski definition) is 4. The third-order valence-electron chi connectivity index (χ3n) is 2.80. The van der Waals surface area contributed by atoms with Crippen molar-refractivity contribution in [1.82, 2.24) is 0 Å². The third kappa shape index (κ3) is 7.77. The minimum atomic E-state index is -1.27. The highest BCUT2D eigenvalue weighted by atomic mass is 16.7. The van der Waals surface area contributed by atoms with E-state index in [0.717, 1.165) is 25.3 Å². The van der Waals surface area contributed by atoms with E-state index >= 15 is 0 Å². The van der Waals surface area contributed by atoms with Crippen molar-refractivity contribution in [1.29, 1.82) is 0 Å². The van der Waals surface area contributed by atoms with Crippen LogP contribution in [0.2, 0.25) is 0 Å². The topological polar surface area (TPSA) is 52.6 Å². The Morgan fingerprint density at radius 1 is 1.25 bits per heavy atom. The first-order valence-electron chi connectivity index (χ1n) is 6.94. The summed E-state index contributed by atoms with van der Waals surface area (Å²) in [7, 11) is 0. The maximum absolute atomic E-state index is 11.6. The third-order valence-corrected chi connectivity index (χ3v) is 2.80. The van der Waals surface area contributed by atoms with Crippen LogP contribution in [0.3, 0.4) is 0 Å². The molecule has 0 fully saturated rings. The Kier molecular flexibility index (Phi) is 7.89. The SMILES string of the molecule is C=CC(=O)OC(C)(CCCCC(C)C)OC(=O)C(=C)C. The normalized spacial score (nSPS) is 13.4. The zero-order chi connectivity index (χ0) is 15.8. The van der Waals surface area contributed by atoms with Crippen LogP contribution in [0.1, 0.15) is 53.4 Å². The molecule has 0 amide bonds. The van der Waals surface area contributed by atoms with Crippen molar-refractivity contribution in [2.45, 2.75) is 59.2 Å². The van der Waals surface area contributed by atoms with Gasteiger partial charge in [-0.25, -0.2) is 9.59 Å². The number of carbonyl (C=O) groups is 2. The van der Waals surface area contributed by atoms with Crippen molar-refractivity contribution in [2.24, 2.45) is 5.92 Å². The van der Waals surface area contributed by atoms with Gasteiger partial charge in [-0.1, -0.05) is 39.8 Å². The lowest BCUT2D eigenvalue weighted by molar-refractivity contribution is -0.219. The molecule has 0 aromatic heterocycles. The molecule has 0 aliphatic carbocycles. The molecular weight excluding hydrogens is 256 g/mol. The molecular formula is C16H26O4. The predicted molar refractivity (Wildman–Crippen MR) is 78.9 cm³/mol. The van der Waals surface area contributed by atoms with E-state index in [9.17, 15) is 9.59 Å². The molecule has 4 nitrogen and oxygen atoms in total. The number of rotatable bonds is 9. The van der Waals surface area contributed by atoms with Crippen LogP contribution in [0, 0.1) is 5.92 Å². The Bertz CT molecular complexity index is 371. The first-order valence-corrected chi connectivity index (χ1v) is 6.94. The van der Waals surface area contributed by atoms with Gasteiger partial charge in [0.05, 0.1) is 0 Å². The molecule has 0 saturated carbocycles. The Labute approximate surface area is 121 Å². The van der Waals surface area contributed by atoms with Gasteiger partial charge in [0, 0.05) is 25.0 Å². The van der Waals surface area contributed by atoms with E-state index in [2.05, 4.69) is 27.0 Å². The Morgan fingerprint density at radius 3 is 2.30 bits per heavy atom. The summed E-state index contributed by atoms with van der Waals surface area (Å²) in [4.78, 5) is 23.0. The maximum atomic E-state index is 11.6. The van der Waals surface area contributed by atoms with E-state index in [1.807, 2.05) is 0 Å². The highest BCUT2D eigenvalue weighted by Gasteiger charge is 2.32. The molecule has 1 atom stereocenters. The van der Waals surface area contributed by atoms with Crippen LogP contribution in [0.5, 0.6) is 0 Å². The Hall–Kier alpha value is -1.58. The van der Waals surface area contributed by atoms with Crippen LogP contribution < -0.4 is 0 Å². The number of ether oxygens (including phenoxy) is 2. The predicted octanol–water partition coefficient (Wildman–Crippen LogP) is 3.77. The van der Waals surface area contributed by atoms with Gasteiger partial charge in [-0.05, 0) is 19.3 Å². The minimum absolute atomic E-state index is 0.271. The van der Waals surface area contributed by atoms with E-state index in [-0.39, 0.29) is 5.57 Å². The molecule has 1 unspecified atom stereocenters. The smallest absolute Gasteiger partial charge is 0.336 e. The summed E-state index contributed by atoms with van der Waals surface area (Å²) >= 11 is 0. The van der Waals surface area contributed by atoms with E-state index in [1.165, 1.54) is 0 Å². The second kappa shape index (κ2) is 8.56. The minimum Gasteiger partial charge on any atom is -0.420 e. The summed E-state index contributed by atoms with van der Waals surface area (Å²) in [6.45, 7) is 14.3. The lowest BCUT2D eigenvalue weighted by atomic mass is 10.0. The summed E-state index contributed by atoms with van der Waals surface area (Å²) < 4.78 is 10.4. The summed E-state index contributed by atoms with van der Waals surface area (Å²) in [6, 6.07) is 0. The Balaban J connectivity index is 4.60. The monoisotopic (exact) mass is 282 g/mol. The van der Waals surface area contributed by atoms with Crippen LogP contribution in [0.4, 0.5) is 0 Å². The van der Waals surface area contributed by atoms with Crippen molar-refractivity contribution >= 4 is 11.9 Å². The molecule has 0 rings (SSSR count). The molecule has 4 heteroatoms. The second-order valence-electron chi connectivity index (χ2n) is 5.57. The molecule has 0 aliphatic heterocycles. The van der Waals surface area contributed by atoms with Crippen LogP contribution in [-0.4, -0.2) is 17.7 Å². The largest absolute Gasteiger partial charge is 0.420 e. The summed E-state index contributed by atoms with van der Waals surface area (Å²) in [5, 5.41) is 0. The summed E-state index contributed by atoms with van der Waals surface area (Å²) in [5.74, 6) is -1.81. The van der Waals surface area contributed by atoms with Crippen LogP contribution in [-0.2, 0) is 19.1 Å². The van der Waals surface area contributed by atoms with E-state index in [4.69, 9.17) is 9.47 Å². The quantitative estimate of drug-likeness (QED) is 0.279. The fourth-order valence-electron chi connectivity index (χ4n) is 1.66. The van der Waals surface area contributed by atoms with Crippen molar-refractivity contribution in [2.75, 3.05) is 0 Å². The zero-order valence-electron chi connectivity index (χ0n) is 13.0. The van der Waals surface area contributed by atoms with Crippen molar-refractivity contribution < 1.29 is 19.1 Å². The van der Waals surface area contributed by atoms with Gasteiger partial charge in [0.15, 0.2) is 0 Å². The molecule has 0 saturated heterocycles. The average Bonchev–Trinajstić information content (AvgIpc) is 2.34. The molecule has 0 heterocycles. The Morgan fingerprint density at radius 2 is 1.85 bits per heavy atom. The number of hydrogen-bond donors (Lipinski definition) is 0. The molecule has 0 aromatic carbocycles. The highest BCUT2D eigenvalue weighted by molar-refractivity contribution is 5.87. The first kappa shape index (κ1) is 18.4. The number of esters is 2. The van der Waals surface area contributed by atoms with Gasteiger partial charge in [0.1, 0.15) is 0 Å². The molecule has 114 valence electrons. The summed E-state index contributed by atoms with van der Waals surface area (Å²) in [5.41, 5.74) is 0.271. The first-order chi connectivity index (χ1) is 9.20.